The molecule has 0 aliphatic rings. The van der Waals surface area contributed by atoms with Crippen LogP contribution in [-0.4, -0.2) is 5.11 Å². The molecule has 0 saturated heterocycles. The first kappa shape index (κ1) is 14.1. The highest BCUT2D eigenvalue weighted by molar-refractivity contribution is 7.99. The maximum atomic E-state index is 12.5. The summed E-state index contributed by atoms with van der Waals surface area (Å²) in [5.74, 6) is 0.128. The van der Waals surface area contributed by atoms with Gasteiger partial charge in [0.25, 0.3) is 0 Å². The summed E-state index contributed by atoms with van der Waals surface area (Å²) >= 11 is 7.08. The van der Waals surface area contributed by atoms with Crippen LogP contribution in [0.3, 0.4) is 0 Å². The third-order valence-corrected chi connectivity index (χ3v) is 3.83. The van der Waals surface area contributed by atoms with Gasteiger partial charge in [-0.15, -0.1) is 0 Å². The van der Waals surface area contributed by atoms with E-state index in [0.29, 0.717) is 4.90 Å². The lowest BCUT2D eigenvalue weighted by molar-refractivity contribution is -0.137. The minimum atomic E-state index is -4.40. The SMILES string of the molecule is Oc1ccc(Sc2ccc(C(F)(F)F)cc2Cl)cc1. The van der Waals surface area contributed by atoms with Gasteiger partial charge >= 0.3 is 6.18 Å². The van der Waals surface area contributed by atoms with Gasteiger partial charge in [0, 0.05) is 9.79 Å². The molecule has 0 aromatic heterocycles. The van der Waals surface area contributed by atoms with Crippen LogP contribution in [0.2, 0.25) is 5.02 Å². The Bertz CT molecular complexity index is 581. The molecular weight excluding hydrogens is 297 g/mol. The number of alkyl halides is 3. The lowest BCUT2D eigenvalue weighted by Gasteiger charge is -2.09. The molecule has 2 rings (SSSR count). The number of rotatable bonds is 2. The van der Waals surface area contributed by atoms with Gasteiger partial charge in [0.15, 0.2) is 0 Å². The third-order valence-electron chi connectivity index (χ3n) is 2.32. The quantitative estimate of drug-likeness (QED) is 0.821. The van der Waals surface area contributed by atoms with Crippen molar-refractivity contribution in [2.24, 2.45) is 0 Å². The number of halogens is 4. The molecular formula is C13H8ClF3OS. The van der Waals surface area contributed by atoms with Crippen molar-refractivity contribution in [3.8, 4) is 5.75 Å². The van der Waals surface area contributed by atoms with Gasteiger partial charge in [-0.3, -0.25) is 0 Å². The van der Waals surface area contributed by atoms with Crippen molar-refractivity contribution in [1.82, 2.24) is 0 Å². The molecule has 2 aromatic rings. The molecule has 0 aliphatic carbocycles. The average molecular weight is 305 g/mol. The maximum absolute atomic E-state index is 12.5. The van der Waals surface area contributed by atoms with Crippen molar-refractivity contribution in [3.63, 3.8) is 0 Å². The monoisotopic (exact) mass is 304 g/mol. The topological polar surface area (TPSA) is 20.2 Å². The van der Waals surface area contributed by atoms with Crippen LogP contribution in [0.1, 0.15) is 5.56 Å². The first-order valence-electron chi connectivity index (χ1n) is 5.20. The fourth-order valence-electron chi connectivity index (χ4n) is 1.40. The van der Waals surface area contributed by atoms with Gasteiger partial charge in [-0.05, 0) is 42.5 Å². The highest BCUT2D eigenvalue weighted by atomic mass is 35.5. The van der Waals surface area contributed by atoms with E-state index in [4.69, 9.17) is 16.7 Å². The Morgan fingerprint density at radius 2 is 1.63 bits per heavy atom. The predicted molar refractivity (Wildman–Crippen MR) is 68.7 cm³/mol. The predicted octanol–water partition coefficient (Wildman–Crippen LogP) is 5.22. The highest BCUT2D eigenvalue weighted by Crippen LogP contribution is 2.38. The Morgan fingerprint density at radius 3 is 2.16 bits per heavy atom. The van der Waals surface area contributed by atoms with Crippen molar-refractivity contribution in [2.45, 2.75) is 16.0 Å². The second-order valence-electron chi connectivity index (χ2n) is 3.74. The van der Waals surface area contributed by atoms with Crippen molar-refractivity contribution >= 4 is 23.4 Å². The van der Waals surface area contributed by atoms with Crippen LogP contribution in [0.4, 0.5) is 13.2 Å². The molecule has 19 heavy (non-hydrogen) atoms. The largest absolute Gasteiger partial charge is 0.508 e. The van der Waals surface area contributed by atoms with Crippen molar-refractivity contribution in [3.05, 3.63) is 53.1 Å². The Labute approximate surface area is 117 Å². The molecule has 1 N–H and O–H groups in total. The summed E-state index contributed by atoms with van der Waals surface area (Å²) in [4.78, 5) is 1.31. The summed E-state index contributed by atoms with van der Waals surface area (Å²) < 4.78 is 37.4. The molecule has 0 fully saturated rings. The molecule has 1 nitrogen and oxygen atoms in total. The zero-order valence-electron chi connectivity index (χ0n) is 9.41. The molecule has 6 heteroatoms. The lowest BCUT2D eigenvalue weighted by Crippen LogP contribution is -2.04. The van der Waals surface area contributed by atoms with Crippen LogP contribution >= 0.6 is 23.4 Å². The molecule has 0 radical (unpaired) electrons. The lowest BCUT2D eigenvalue weighted by atomic mass is 10.2. The molecule has 0 saturated carbocycles. The van der Waals surface area contributed by atoms with E-state index in [1.807, 2.05) is 0 Å². The van der Waals surface area contributed by atoms with Gasteiger partial charge in [0.1, 0.15) is 5.75 Å². The van der Waals surface area contributed by atoms with Gasteiger partial charge in [-0.1, -0.05) is 23.4 Å². The van der Waals surface area contributed by atoms with E-state index in [1.54, 1.807) is 12.1 Å². The summed E-state index contributed by atoms with van der Waals surface area (Å²) in [5.41, 5.74) is -0.771. The normalized spacial score (nSPS) is 11.6. The van der Waals surface area contributed by atoms with Crippen LogP contribution < -0.4 is 0 Å². The fourth-order valence-corrected chi connectivity index (χ4v) is 2.52. The van der Waals surface area contributed by atoms with Gasteiger partial charge < -0.3 is 5.11 Å². The number of phenolic OH excluding ortho intramolecular Hbond substituents is 1. The number of benzene rings is 2. The number of hydrogen-bond acceptors (Lipinski definition) is 2. The van der Waals surface area contributed by atoms with Crippen LogP contribution in [0, 0.1) is 0 Å². The summed E-state index contributed by atoms with van der Waals surface area (Å²) in [7, 11) is 0. The summed E-state index contributed by atoms with van der Waals surface area (Å²) in [6.07, 6.45) is -4.40. The zero-order valence-corrected chi connectivity index (χ0v) is 11.0. The second kappa shape index (κ2) is 5.35. The van der Waals surface area contributed by atoms with E-state index in [0.717, 1.165) is 17.0 Å². The molecule has 0 atom stereocenters. The molecule has 0 amide bonds. The van der Waals surface area contributed by atoms with Crippen LogP contribution in [0.5, 0.6) is 5.75 Å². The number of hydrogen-bond donors (Lipinski definition) is 1. The van der Waals surface area contributed by atoms with Crippen LogP contribution in [0.15, 0.2) is 52.3 Å². The molecule has 0 aliphatic heterocycles. The van der Waals surface area contributed by atoms with E-state index < -0.39 is 11.7 Å². The minimum absolute atomic E-state index is 0.0490. The van der Waals surface area contributed by atoms with Crippen molar-refractivity contribution in [1.29, 1.82) is 0 Å². The Balaban J connectivity index is 2.24. The van der Waals surface area contributed by atoms with Gasteiger partial charge in [-0.25, -0.2) is 0 Å². The van der Waals surface area contributed by atoms with Crippen LogP contribution in [-0.2, 0) is 6.18 Å². The number of aromatic hydroxyl groups is 1. The van der Waals surface area contributed by atoms with E-state index >= 15 is 0 Å². The zero-order chi connectivity index (χ0) is 14.0. The molecule has 2 aromatic carbocycles. The minimum Gasteiger partial charge on any atom is -0.508 e. The van der Waals surface area contributed by atoms with Crippen molar-refractivity contribution in [2.75, 3.05) is 0 Å². The van der Waals surface area contributed by atoms with Crippen molar-refractivity contribution < 1.29 is 18.3 Å². The standard InChI is InChI=1S/C13H8ClF3OS/c14-11-7-8(13(15,16)17)1-6-12(11)19-10-4-2-9(18)3-5-10/h1-7,18H. The van der Waals surface area contributed by atoms with E-state index in [9.17, 15) is 13.2 Å². The van der Waals surface area contributed by atoms with Gasteiger partial charge in [0.2, 0.25) is 0 Å². The Morgan fingerprint density at radius 1 is 1.00 bits per heavy atom. The molecule has 0 spiro atoms. The first-order chi connectivity index (χ1) is 8.86. The smallest absolute Gasteiger partial charge is 0.416 e. The number of phenols is 1. The van der Waals surface area contributed by atoms with Gasteiger partial charge in [0.05, 0.1) is 10.6 Å². The molecule has 0 unspecified atom stereocenters. The Hall–Kier alpha value is -1.33. The first-order valence-corrected chi connectivity index (χ1v) is 6.39. The molecule has 0 heterocycles. The molecule has 0 bridgehead atoms. The third kappa shape index (κ3) is 3.58. The second-order valence-corrected chi connectivity index (χ2v) is 5.26. The summed E-state index contributed by atoms with van der Waals surface area (Å²) in [5, 5.41) is 9.19. The van der Waals surface area contributed by atoms with Crippen LogP contribution in [0.25, 0.3) is 0 Å². The fraction of sp³-hybridized carbons (Fsp3) is 0.0769. The maximum Gasteiger partial charge on any atom is 0.416 e. The van der Waals surface area contributed by atoms with E-state index in [2.05, 4.69) is 0 Å². The van der Waals surface area contributed by atoms with E-state index in [-0.39, 0.29) is 10.8 Å². The Kier molecular flexibility index (Phi) is 3.96. The summed E-state index contributed by atoms with van der Waals surface area (Å²) in [6, 6.07) is 9.56. The highest BCUT2D eigenvalue weighted by Gasteiger charge is 2.30. The van der Waals surface area contributed by atoms with E-state index in [1.165, 1.54) is 30.0 Å². The summed E-state index contributed by atoms with van der Waals surface area (Å²) in [6.45, 7) is 0. The molecule has 100 valence electrons. The average Bonchev–Trinajstić information content (AvgIpc) is 2.33. The van der Waals surface area contributed by atoms with Gasteiger partial charge in [-0.2, -0.15) is 13.2 Å².